The summed E-state index contributed by atoms with van der Waals surface area (Å²) in [5.41, 5.74) is 8.67. The highest BCUT2D eigenvalue weighted by Gasteiger charge is 2.23. The van der Waals surface area contributed by atoms with E-state index in [9.17, 15) is 5.11 Å². The van der Waals surface area contributed by atoms with Crippen LogP contribution in [0.25, 0.3) is 5.57 Å². The number of hydrogen-bond acceptors (Lipinski definition) is 4. The predicted octanol–water partition coefficient (Wildman–Crippen LogP) is 2.84. The number of benzene rings is 1. The molecule has 1 atom stereocenters. The van der Waals surface area contributed by atoms with Crippen LogP contribution >= 0.6 is 0 Å². The molecule has 0 saturated carbocycles. The maximum absolute atomic E-state index is 10.2. The van der Waals surface area contributed by atoms with E-state index in [1.165, 1.54) is 11.1 Å². The highest BCUT2D eigenvalue weighted by Crippen LogP contribution is 2.24. The minimum Gasteiger partial charge on any atom is -0.399 e. The topological polar surface area (TPSA) is 58.7 Å². The number of nitrogen functional groups attached to an aromatic ring is 1. The average molecular weight is 290 g/mol. The summed E-state index contributed by atoms with van der Waals surface area (Å²) in [6.07, 6.45) is 3.32. The molecule has 1 aromatic rings. The molecule has 0 amide bonds. The van der Waals surface area contributed by atoms with Gasteiger partial charge >= 0.3 is 0 Å². The van der Waals surface area contributed by atoms with E-state index in [0.29, 0.717) is 6.54 Å². The Morgan fingerprint density at radius 1 is 1.24 bits per heavy atom. The Labute approximate surface area is 127 Å². The van der Waals surface area contributed by atoms with E-state index in [1.807, 2.05) is 37.8 Å². The van der Waals surface area contributed by atoms with Gasteiger partial charge in [0.25, 0.3) is 0 Å². The number of nitrogens with two attached hydrogens (primary N) is 1. The maximum atomic E-state index is 10.2. The Morgan fingerprint density at radius 3 is 2.52 bits per heavy atom. The first-order valence-corrected chi connectivity index (χ1v) is 7.50. The van der Waals surface area contributed by atoms with Crippen molar-refractivity contribution in [2.24, 2.45) is 0 Å². The van der Waals surface area contributed by atoms with Crippen molar-refractivity contribution in [3.05, 3.63) is 35.9 Å². The largest absolute Gasteiger partial charge is 0.399 e. The summed E-state index contributed by atoms with van der Waals surface area (Å²) in [5, 5.41) is 10.2. The van der Waals surface area contributed by atoms with Crippen molar-refractivity contribution in [1.82, 2.24) is 4.90 Å². The number of allylic oxidation sites excluding steroid dienone is 1. The Balaban J connectivity index is 2.04. The van der Waals surface area contributed by atoms with Gasteiger partial charge in [0, 0.05) is 18.8 Å². The zero-order valence-corrected chi connectivity index (χ0v) is 13.2. The van der Waals surface area contributed by atoms with E-state index < -0.39 is 6.41 Å². The molecule has 2 rings (SSSR count). The molecular formula is C17H26N2O2. The summed E-state index contributed by atoms with van der Waals surface area (Å²) >= 11 is 0. The summed E-state index contributed by atoms with van der Waals surface area (Å²) in [5.74, 6) is 0. The highest BCUT2D eigenvalue weighted by atomic mass is 16.6. The molecule has 0 aliphatic carbocycles. The Kier molecular flexibility index (Phi) is 5.04. The molecule has 1 unspecified atom stereocenters. The van der Waals surface area contributed by atoms with Crippen molar-refractivity contribution in [2.45, 2.75) is 45.6 Å². The van der Waals surface area contributed by atoms with E-state index in [-0.39, 0.29) is 5.60 Å². The molecule has 0 spiro atoms. The van der Waals surface area contributed by atoms with Gasteiger partial charge in [-0.1, -0.05) is 18.2 Å². The van der Waals surface area contributed by atoms with E-state index in [2.05, 4.69) is 18.2 Å². The molecule has 21 heavy (non-hydrogen) atoms. The van der Waals surface area contributed by atoms with Crippen molar-refractivity contribution >= 4 is 11.3 Å². The molecule has 1 aliphatic rings. The van der Waals surface area contributed by atoms with Crippen LogP contribution in [-0.2, 0) is 4.74 Å². The molecule has 0 fully saturated rings. The van der Waals surface area contributed by atoms with Gasteiger partial charge in [-0.3, -0.25) is 4.90 Å². The van der Waals surface area contributed by atoms with Crippen molar-refractivity contribution in [3.8, 4) is 0 Å². The Hall–Kier alpha value is -1.36. The van der Waals surface area contributed by atoms with Gasteiger partial charge in [-0.2, -0.15) is 0 Å². The lowest BCUT2D eigenvalue weighted by molar-refractivity contribution is -0.236. The van der Waals surface area contributed by atoms with Crippen LogP contribution in [0.1, 0.15) is 39.2 Å². The number of aliphatic hydroxyl groups is 1. The van der Waals surface area contributed by atoms with Gasteiger partial charge in [0.05, 0.1) is 5.60 Å². The number of nitrogens with zero attached hydrogens (tertiary/aromatic N) is 1. The number of hydrogen-bond donors (Lipinski definition) is 2. The zero-order chi connectivity index (χ0) is 15.5. The fourth-order valence-corrected chi connectivity index (χ4v) is 2.44. The molecule has 0 radical (unpaired) electrons. The van der Waals surface area contributed by atoms with Crippen LogP contribution in [0, 0.1) is 0 Å². The summed E-state index contributed by atoms with van der Waals surface area (Å²) < 4.78 is 5.63. The van der Waals surface area contributed by atoms with Gasteiger partial charge < -0.3 is 15.6 Å². The van der Waals surface area contributed by atoms with E-state index >= 15 is 0 Å². The lowest BCUT2D eigenvalue weighted by Gasteiger charge is -2.31. The molecule has 0 saturated heterocycles. The summed E-state index contributed by atoms with van der Waals surface area (Å²) in [6, 6.07) is 7.96. The third-order valence-electron chi connectivity index (χ3n) is 3.52. The average Bonchev–Trinajstić information content (AvgIpc) is 2.63. The van der Waals surface area contributed by atoms with Crippen LogP contribution in [-0.4, -0.2) is 35.1 Å². The monoisotopic (exact) mass is 290 g/mol. The van der Waals surface area contributed by atoms with Crippen molar-refractivity contribution in [1.29, 1.82) is 0 Å². The van der Waals surface area contributed by atoms with Gasteiger partial charge in [-0.05, 0) is 56.9 Å². The fraction of sp³-hybridized carbons (Fsp3) is 0.529. The molecule has 0 aromatic heterocycles. The van der Waals surface area contributed by atoms with Crippen molar-refractivity contribution in [2.75, 3.05) is 18.8 Å². The second-order valence-electron chi connectivity index (χ2n) is 6.51. The zero-order valence-electron chi connectivity index (χ0n) is 13.2. The van der Waals surface area contributed by atoms with Crippen molar-refractivity contribution in [3.63, 3.8) is 0 Å². The van der Waals surface area contributed by atoms with E-state index in [0.717, 1.165) is 25.1 Å². The minimum absolute atomic E-state index is 0.352. The standard InChI is InChI=1S/C17H26N2O2/c1-17(2,3)21-16(20)19-11-4-5-13(10-12-19)14-6-8-15(18)9-7-14/h6-10,16,20H,4-5,11-12,18H2,1-3H3. The van der Waals surface area contributed by atoms with Crippen LogP contribution in [0.5, 0.6) is 0 Å². The minimum atomic E-state index is -0.855. The predicted molar refractivity (Wildman–Crippen MR) is 86.5 cm³/mol. The first-order chi connectivity index (χ1) is 9.85. The van der Waals surface area contributed by atoms with Crippen LogP contribution in [0.4, 0.5) is 5.69 Å². The van der Waals surface area contributed by atoms with Crippen LogP contribution in [0.2, 0.25) is 0 Å². The number of anilines is 1. The molecule has 0 bridgehead atoms. The highest BCUT2D eigenvalue weighted by molar-refractivity contribution is 5.67. The molecule has 1 heterocycles. The Bertz CT molecular complexity index is 489. The lowest BCUT2D eigenvalue weighted by Crippen LogP contribution is -2.42. The summed E-state index contributed by atoms with van der Waals surface area (Å²) in [6.45, 7) is 7.36. The van der Waals surface area contributed by atoms with Crippen LogP contribution in [0.3, 0.4) is 0 Å². The normalized spacial score (nSPS) is 19.0. The molecule has 4 heteroatoms. The Morgan fingerprint density at radius 2 is 1.90 bits per heavy atom. The summed E-state index contributed by atoms with van der Waals surface area (Å²) in [7, 11) is 0. The molecule has 1 aromatic carbocycles. The fourth-order valence-electron chi connectivity index (χ4n) is 2.44. The third kappa shape index (κ3) is 4.84. The molecule has 4 nitrogen and oxygen atoms in total. The van der Waals surface area contributed by atoms with Crippen LogP contribution in [0.15, 0.2) is 30.3 Å². The summed E-state index contributed by atoms with van der Waals surface area (Å²) in [4.78, 5) is 1.95. The van der Waals surface area contributed by atoms with Gasteiger partial charge in [0.2, 0.25) is 6.41 Å². The number of aliphatic hydroxyl groups excluding tert-OH is 1. The van der Waals surface area contributed by atoms with E-state index in [1.54, 1.807) is 0 Å². The van der Waals surface area contributed by atoms with Crippen LogP contribution < -0.4 is 5.73 Å². The van der Waals surface area contributed by atoms with Gasteiger partial charge in [0.15, 0.2) is 0 Å². The molecule has 3 N–H and O–H groups in total. The quantitative estimate of drug-likeness (QED) is 0.664. The van der Waals surface area contributed by atoms with Gasteiger partial charge in [0.1, 0.15) is 0 Å². The first kappa shape index (κ1) is 16.0. The number of ether oxygens (including phenoxy) is 1. The van der Waals surface area contributed by atoms with Gasteiger partial charge in [-0.25, -0.2) is 0 Å². The second-order valence-corrected chi connectivity index (χ2v) is 6.51. The van der Waals surface area contributed by atoms with E-state index in [4.69, 9.17) is 10.5 Å². The third-order valence-corrected chi connectivity index (χ3v) is 3.52. The molecule has 116 valence electrons. The molecule has 1 aliphatic heterocycles. The smallest absolute Gasteiger partial charge is 0.216 e. The lowest BCUT2D eigenvalue weighted by atomic mass is 10.0. The first-order valence-electron chi connectivity index (χ1n) is 7.50. The van der Waals surface area contributed by atoms with Crippen molar-refractivity contribution < 1.29 is 9.84 Å². The number of rotatable bonds is 3. The maximum Gasteiger partial charge on any atom is 0.216 e. The SMILES string of the molecule is CC(C)(C)OC(O)N1CC=C(c2ccc(N)cc2)CCC1. The molecular weight excluding hydrogens is 264 g/mol. The second kappa shape index (κ2) is 6.60. The van der Waals surface area contributed by atoms with Gasteiger partial charge in [-0.15, -0.1) is 0 Å².